The third-order valence-electron chi connectivity index (χ3n) is 4.04. The number of rotatable bonds is 4. The third-order valence-corrected chi connectivity index (χ3v) is 4.04. The maximum atomic E-state index is 12.4. The molecule has 0 atom stereocenters. The lowest BCUT2D eigenvalue weighted by Gasteiger charge is -2.25. The Labute approximate surface area is 131 Å². The average Bonchev–Trinajstić information content (AvgIpc) is 2.97. The highest BCUT2D eigenvalue weighted by Crippen LogP contribution is 2.38. The molecule has 0 radical (unpaired) electrons. The predicted molar refractivity (Wildman–Crippen MR) is 85.7 cm³/mol. The van der Waals surface area contributed by atoms with E-state index in [1.165, 1.54) is 0 Å². The summed E-state index contributed by atoms with van der Waals surface area (Å²) in [6, 6.07) is 6.92. The molecule has 4 N–H and O–H groups in total. The SMILES string of the molecule is CNC(=O)c1cccc(NC(=O)C2(CN)CCCC2)c1.Cl. The van der Waals surface area contributed by atoms with Crippen molar-refractivity contribution in [1.29, 1.82) is 0 Å². The number of anilines is 1. The second-order valence-corrected chi connectivity index (χ2v) is 5.31. The molecule has 21 heavy (non-hydrogen) atoms. The highest BCUT2D eigenvalue weighted by molar-refractivity contribution is 5.98. The summed E-state index contributed by atoms with van der Waals surface area (Å²) in [6.07, 6.45) is 3.76. The van der Waals surface area contributed by atoms with E-state index >= 15 is 0 Å². The number of halogens is 1. The van der Waals surface area contributed by atoms with Crippen LogP contribution in [-0.2, 0) is 4.79 Å². The minimum absolute atomic E-state index is 0. The highest BCUT2D eigenvalue weighted by Gasteiger charge is 2.39. The summed E-state index contributed by atoms with van der Waals surface area (Å²) >= 11 is 0. The zero-order valence-corrected chi connectivity index (χ0v) is 13.0. The lowest BCUT2D eigenvalue weighted by Crippen LogP contribution is -2.40. The van der Waals surface area contributed by atoms with Crippen molar-refractivity contribution in [2.45, 2.75) is 25.7 Å². The number of carbonyl (C=O) groups is 2. The number of nitrogens with two attached hydrogens (primary N) is 1. The molecule has 1 aromatic carbocycles. The Morgan fingerprint density at radius 3 is 2.52 bits per heavy atom. The fourth-order valence-electron chi connectivity index (χ4n) is 2.72. The molecular formula is C15H22ClN3O2. The van der Waals surface area contributed by atoms with Crippen molar-refractivity contribution >= 4 is 29.9 Å². The van der Waals surface area contributed by atoms with Crippen LogP contribution in [0.3, 0.4) is 0 Å². The fraction of sp³-hybridized carbons (Fsp3) is 0.467. The number of benzene rings is 1. The zero-order valence-electron chi connectivity index (χ0n) is 12.1. The van der Waals surface area contributed by atoms with E-state index in [2.05, 4.69) is 10.6 Å². The molecule has 1 saturated carbocycles. The van der Waals surface area contributed by atoms with Gasteiger partial charge in [0.15, 0.2) is 0 Å². The molecule has 0 aliphatic heterocycles. The van der Waals surface area contributed by atoms with Crippen LogP contribution in [0.15, 0.2) is 24.3 Å². The smallest absolute Gasteiger partial charge is 0.251 e. The number of hydrogen-bond acceptors (Lipinski definition) is 3. The van der Waals surface area contributed by atoms with Crippen molar-refractivity contribution in [2.24, 2.45) is 11.1 Å². The van der Waals surface area contributed by atoms with E-state index in [1.54, 1.807) is 31.3 Å². The van der Waals surface area contributed by atoms with Crippen LogP contribution in [0.4, 0.5) is 5.69 Å². The van der Waals surface area contributed by atoms with Gasteiger partial charge in [-0.1, -0.05) is 18.9 Å². The van der Waals surface area contributed by atoms with Gasteiger partial charge in [-0.15, -0.1) is 12.4 Å². The molecule has 1 aliphatic rings. The minimum Gasteiger partial charge on any atom is -0.355 e. The molecule has 1 fully saturated rings. The molecule has 5 nitrogen and oxygen atoms in total. The Hall–Kier alpha value is -1.59. The second-order valence-electron chi connectivity index (χ2n) is 5.31. The van der Waals surface area contributed by atoms with Crippen molar-refractivity contribution in [3.8, 4) is 0 Å². The molecule has 0 aromatic heterocycles. The zero-order chi connectivity index (χ0) is 14.6. The number of hydrogen-bond donors (Lipinski definition) is 3. The maximum absolute atomic E-state index is 12.4. The van der Waals surface area contributed by atoms with Gasteiger partial charge in [0, 0.05) is 24.8 Å². The topological polar surface area (TPSA) is 84.2 Å². The first-order valence-electron chi connectivity index (χ1n) is 6.95. The van der Waals surface area contributed by atoms with Crippen LogP contribution < -0.4 is 16.4 Å². The Bertz CT molecular complexity index is 513. The molecule has 0 heterocycles. The van der Waals surface area contributed by atoms with Gasteiger partial charge in [0.2, 0.25) is 5.91 Å². The van der Waals surface area contributed by atoms with Crippen LogP contribution in [0.2, 0.25) is 0 Å². The van der Waals surface area contributed by atoms with E-state index in [-0.39, 0.29) is 24.2 Å². The van der Waals surface area contributed by atoms with Crippen molar-refractivity contribution in [2.75, 3.05) is 18.9 Å². The normalized spacial score (nSPS) is 15.9. The maximum Gasteiger partial charge on any atom is 0.251 e. The van der Waals surface area contributed by atoms with Crippen molar-refractivity contribution in [3.05, 3.63) is 29.8 Å². The van der Waals surface area contributed by atoms with E-state index in [0.29, 0.717) is 17.8 Å². The van der Waals surface area contributed by atoms with Gasteiger partial charge in [0.25, 0.3) is 5.91 Å². The van der Waals surface area contributed by atoms with E-state index in [1.807, 2.05) is 0 Å². The summed E-state index contributed by atoms with van der Waals surface area (Å²) in [5, 5.41) is 5.46. The minimum atomic E-state index is -0.441. The molecule has 1 aliphatic carbocycles. The van der Waals surface area contributed by atoms with Crippen molar-refractivity contribution in [3.63, 3.8) is 0 Å². The quantitative estimate of drug-likeness (QED) is 0.794. The highest BCUT2D eigenvalue weighted by atomic mass is 35.5. The van der Waals surface area contributed by atoms with Gasteiger partial charge in [-0.3, -0.25) is 9.59 Å². The van der Waals surface area contributed by atoms with Gasteiger partial charge >= 0.3 is 0 Å². The largest absolute Gasteiger partial charge is 0.355 e. The van der Waals surface area contributed by atoms with Crippen LogP contribution in [0.5, 0.6) is 0 Å². The summed E-state index contributed by atoms with van der Waals surface area (Å²) in [7, 11) is 1.58. The molecular weight excluding hydrogens is 290 g/mol. The van der Waals surface area contributed by atoms with Crippen LogP contribution in [0.25, 0.3) is 0 Å². The van der Waals surface area contributed by atoms with Gasteiger partial charge in [0.05, 0.1) is 5.41 Å². The van der Waals surface area contributed by atoms with Crippen LogP contribution >= 0.6 is 12.4 Å². The monoisotopic (exact) mass is 311 g/mol. The molecule has 6 heteroatoms. The van der Waals surface area contributed by atoms with Crippen molar-refractivity contribution < 1.29 is 9.59 Å². The Morgan fingerprint density at radius 1 is 1.29 bits per heavy atom. The summed E-state index contributed by atoms with van der Waals surface area (Å²) in [4.78, 5) is 24.0. The standard InChI is InChI=1S/C15H21N3O2.ClH/c1-17-13(19)11-5-4-6-12(9-11)18-14(20)15(10-16)7-2-3-8-15;/h4-6,9H,2-3,7-8,10,16H2,1H3,(H,17,19)(H,18,20);1H. The van der Waals surface area contributed by atoms with Crippen LogP contribution in [-0.4, -0.2) is 25.4 Å². The van der Waals surface area contributed by atoms with Gasteiger partial charge in [0.1, 0.15) is 0 Å². The fourth-order valence-corrected chi connectivity index (χ4v) is 2.72. The Balaban J connectivity index is 0.00000220. The third kappa shape index (κ3) is 3.74. The molecule has 2 amide bonds. The number of carbonyl (C=O) groups excluding carboxylic acids is 2. The van der Waals surface area contributed by atoms with Gasteiger partial charge in [-0.2, -0.15) is 0 Å². The summed E-state index contributed by atoms with van der Waals surface area (Å²) in [5.41, 5.74) is 6.52. The van der Waals surface area contributed by atoms with Gasteiger partial charge in [-0.05, 0) is 31.0 Å². The van der Waals surface area contributed by atoms with E-state index in [4.69, 9.17) is 5.73 Å². The molecule has 0 saturated heterocycles. The number of nitrogens with one attached hydrogen (secondary N) is 2. The van der Waals surface area contributed by atoms with Crippen LogP contribution in [0.1, 0.15) is 36.0 Å². The van der Waals surface area contributed by atoms with Crippen molar-refractivity contribution in [1.82, 2.24) is 5.32 Å². The predicted octanol–water partition coefficient (Wildman–Crippen LogP) is 1.93. The van der Waals surface area contributed by atoms with E-state index < -0.39 is 5.41 Å². The van der Waals surface area contributed by atoms with E-state index in [9.17, 15) is 9.59 Å². The first kappa shape index (κ1) is 17.5. The lowest BCUT2D eigenvalue weighted by molar-refractivity contribution is -0.124. The van der Waals surface area contributed by atoms with Gasteiger partial charge in [-0.25, -0.2) is 0 Å². The first-order chi connectivity index (χ1) is 9.61. The van der Waals surface area contributed by atoms with Gasteiger partial charge < -0.3 is 16.4 Å². The average molecular weight is 312 g/mol. The summed E-state index contributed by atoms with van der Waals surface area (Å²) in [6.45, 7) is 0.369. The van der Waals surface area contributed by atoms with E-state index in [0.717, 1.165) is 25.7 Å². The molecule has 0 spiro atoms. The lowest BCUT2D eigenvalue weighted by atomic mass is 9.85. The first-order valence-corrected chi connectivity index (χ1v) is 6.95. The molecule has 0 bridgehead atoms. The Kier molecular flexibility index (Phi) is 6.18. The number of amides is 2. The molecule has 1 aromatic rings. The molecule has 0 unspecified atom stereocenters. The van der Waals surface area contributed by atoms with Crippen LogP contribution in [0, 0.1) is 5.41 Å². The second kappa shape index (κ2) is 7.43. The molecule has 116 valence electrons. The summed E-state index contributed by atoms with van der Waals surface area (Å²) < 4.78 is 0. The Morgan fingerprint density at radius 2 is 1.95 bits per heavy atom. The summed E-state index contributed by atoms with van der Waals surface area (Å²) in [5.74, 6) is -0.206. The molecule has 2 rings (SSSR count).